The lowest BCUT2D eigenvalue weighted by atomic mass is 9.96. The second-order valence-corrected chi connectivity index (χ2v) is 9.59. The molecule has 1 aliphatic rings. The number of sulfonamides is 1. The molecule has 0 bridgehead atoms. The van der Waals surface area contributed by atoms with E-state index in [1.807, 2.05) is 31.2 Å². The van der Waals surface area contributed by atoms with Crippen molar-refractivity contribution in [2.75, 3.05) is 13.1 Å². The fourth-order valence-corrected chi connectivity index (χ4v) is 5.26. The third-order valence-electron chi connectivity index (χ3n) is 5.64. The summed E-state index contributed by atoms with van der Waals surface area (Å²) in [6.07, 6.45) is 4.13. The SMILES string of the molecule is CC(NC(=O)C1CCN(S(=O)(=O)c2ccccc2)CC1)c1ccc(-n2cncn2)cc1. The molecule has 4 rings (SSSR count). The van der Waals surface area contributed by atoms with Crippen LogP contribution in [0, 0.1) is 5.92 Å². The van der Waals surface area contributed by atoms with Gasteiger partial charge >= 0.3 is 0 Å². The highest BCUT2D eigenvalue weighted by atomic mass is 32.2. The molecule has 1 amide bonds. The van der Waals surface area contributed by atoms with Gasteiger partial charge in [-0.3, -0.25) is 4.79 Å². The van der Waals surface area contributed by atoms with Crippen molar-refractivity contribution in [2.45, 2.75) is 30.7 Å². The van der Waals surface area contributed by atoms with E-state index in [9.17, 15) is 13.2 Å². The number of amides is 1. The minimum Gasteiger partial charge on any atom is -0.349 e. The van der Waals surface area contributed by atoms with Crippen LogP contribution in [0.2, 0.25) is 0 Å². The molecule has 31 heavy (non-hydrogen) atoms. The number of carbonyl (C=O) groups is 1. The zero-order chi connectivity index (χ0) is 21.8. The first-order valence-electron chi connectivity index (χ1n) is 10.3. The Balaban J connectivity index is 1.33. The van der Waals surface area contributed by atoms with E-state index in [-0.39, 0.29) is 17.9 Å². The second-order valence-electron chi connectivity index (χ2n) is 7.65. The Morgan fingerprint density at radius 2 is 1.74 bits per heavy atom. The maximum Gasteiger partial charge on any atom is 0.243 e. The van der Waals surface area contributed by atoms with Crippen LogP contribution in [0.25, 0.3) is 5.69 Å². The summed E-state index contributed by atoms with van der Waals surface area (Å²) in [4.78, 5) is 17.0. The van der Waals surface area contributed by atoms with Gasteiger partial charge in [-0.05, 0) is 49.6 Å². The number of aromatic nitrogens is 3. The van der Waals surface area contributed by atoms with Crippen molar-refractivity contribution in [3.63, 3.8) is 0 Å². The highest BCUT2D eigenvalue weighted by molar-refractivity contribution is 7.89. The number of hydrogen-bond acceptors (Lipinski definition) is 5. The van der Waals surface area contributed by atoms with Gasteiger partial charge in [0.15, 0.2) is 0 Å². The van der Waals surface area contributed by atoms with Gasteiger partial charge in [-0.15, -0.1) is 0 Å². The van der Waals surface area contributed by atoms with E-state index >= 15 is 0 Å². The van der Waals surface area contributed by atoms with Gasteiger partial charge in [0.25, 0.3) is 0 Å². The molecule has 0 saturated carbocycles. The van der Waals surface area contributed by atoms with Gasteiger partial charge in [0.2, 0.25) is 15.9 Å². The normalized spacial score (nSPS) is 16.7. The first kappa shape index (κ1) is 21.2. The lowest BCUT2D eigenvalue weighted by Gasteiger charge is -2.31. The Bertz CT molecular complexity index is 1110. The fourth-order valence-electron chi connectivity index (χ4n) is 3.77. The summed E-state index contributed by atoms with van der Waals surface area (Å²) in [5.41, 5.74) is 1.88. The molecule has 162 valence electrons. The molecule has 1 saturated heterocycles. The smallest absolute Gasteiger partial charge is 0.243 e. The van der Waals surface area contributed by atoms with Crippen LogP contribution in [0.4, 0.5) is 0 Å². The van der Waals surface area contributed by atoms with E-state index in [0.29, 0.717) is 30.8 Å². The van der Waals surface area contributed by atoms with Crippen LogP contribution in [-0.2, 0) is 14.8 Å². The van der Waals surface area contributed by atoms with Crippen LogP contribution in [-0.4, -0.2) is 46.5 Å². The number of nitrogens with one attached hydrogen (secondary N) is 1. The molecule has 1 N–H and O–H groups in total. The maximum absolute atomic E-state index is 12.8. The summed E-state index contributed by atoms with van der Waals surface area (Å²) >= 11 is 0. The Hall–Kier alpha value is -3.04. The van der Waals surface area contributed by atoms with Gasteiger partial charge in [0.1, 0.15) is 12.7 Å². The molecular weight excluding hydrogens is 414 g/mol. The number of hydrogen-bond donors (Lipinski definition) is 1. The number of carbonyl (C=O) groups excluding carboxylic acids is 1. The van der Waals surface area contributed by atoms with Gasteiger partial charge < -0.3 is 5.32 Å². The van der Waals surface area contributed by atoms with Crippen molar-refractivity contribution < 1.29 is 13.2 Å². The van der Waals surface area contributed by atoms with Crippen LogP contribution in [0.5, 0.6) is 0 Å². The van der Waals surface area contributed by atoms with E-state index in [1.165, 1.54) is 10.6 Å². The largest absolute Gasteiger partial charge is 0.349 e. The number of piperidine rings is 1. The van der Waals surface area contributed by atoms with Crippen LogP contribution in [0.15, 0.2) is 72.1 Å². The van der Waals surface area contributed by atoms with E-state index in [0.717, 1.165) is 11.3 Å². The quantitative estimate of drug-likeness (QED) is 0.637. The number of nitrogens with zero attached hydrogens (tertiary/aromatic N) is 4. The van der Waals surface area contributed by atoms with Gasteiger partial charge in [-0.2, -0.15) is 9.40 Å². The molecule has 1 fully saturated rings. The molecule has 2 aromatic carbocycles. The van der Waals surface area contributed by atoms with Gasteiger partial charge in [0.05, 0.1) is 16.6 Å². The summed E-state index contributed by atoms with van der Waals surface area (Å²) in [7, 11) is -3.51. The molecule has 8 nitrogen and oxygen atoms in total. The predicted molar refractivity (Wildman–Crippen MR) is 116 cm³/mol. The molecule has 0 radical (unpaired) electrons. The zero-order valence-electron chi connectivity index (χ0n) is 17.3. The first-order chi connectivity index (χ1) is 14.9. The fraction of sp³-hybridized carbons (Fsp3) is 0.318. The Kier molecular flexibility index (Phi) is 6.15. The molecule has 3 aromatic rings. The summed E-state index contributed by atoms with van der Waals surface area (Å²) in [5, 5.41) is 7.17. The van der Waals surface area contributed by atoms with Crippen LogP contribution in [0.1, 0.15) is 31.4 Å². The van der Waals surface area contributed by atoms with Gasteiger partial charge in [-0.1, -0.05) is 30.3 Å². The summed E-state index contributed by atoms with van der Waals surface area (Å²) in [6.45, 7) is 2.63. The predicted octanol–water partition coefficient (Wildman–Crippen LogP) is 2.55. The van der Waals surface area contributed by atoms with Crippen molar-refractivity contribution in [1.29, 1.82) is 0 Å². The van der Waals surface area contributed by atoms with Gasteiger partial charge in [0, 0.05) is 19.0 Å². The van der Waals surface area contributed by atoms with Crippen LogP contribution >= 0.6 is 0 Å². The van der Waals surface area contributed by atoms with E-state index < -0.39 is 10.0 Å². The second kappa shape index (κ2) is 8.99. The summed E-state index contributed by atoms with van der Waals surface area (Å²) in [5.74, 6) is -0.233. The summed E-state index contributed by atoms with van der Waals surface area (Å²) in [6, 6.07) is 16.0. The number of rotatable bonds is 6. The third kappa shape index (κ3) is 4.67. The van der Waals surface area contributed by atoms with Gasteiger partial charge in [-0.25, -0.2) is 18.1 Å². The minimum absolute atomic E-state index is 0.0374. The Labute approximate surface area is 182 Å². The van der Waals surface area contributed by atoms with E-state index in [4.69, 9.17) is 0 Å². The van der Waals surface area contributed by atoms with Crippen LogP contribution < -0.4 is 5.32 Å². The Morgan fingerprint density at radius 3 is 2.35 bits per heavy atom. The standard InChI is InChI=1S/C22H25N5O3S/c1-17(18-7-9-20(10-8-18)27-16-23-15-24-27)25-22(28)19-11-13-26(14-12-19)31(29,30)21-5-3-2-4-6-21/h2-10,15-17,19H,11-14H2,1H3,(H,25,28). The molecule has 2 heterocycles. The molecule has 1 aliphatic heterocycles. The molecule has 0 aliphatic carbocycles. The van der Waals surface area contributed by atoms with E-state index in [2.05, 4.69) is 15.4 Å². The number of benzene rings is 2. The highest BCUT2D eigenvalue weighted by Gasteiger charge is 2.32. The molecule has 1 unspecified atom stereocenters. The van der Waals surface area contributed by atoms with Crippen LogP contribution in [0.3, 0.4) is 0 Å². The molecule has 1 atom stereocenters. The maximum atomic E-state index is 12.8. The first-order valence-corrected chi connectivity index (χ1v) is 11.7. The monoisotopic (exact) mass is 439 g/mol. The lowest BCUT2D eigenvalue weighted by Crippen LogP contribution is -2.43. The van der Waals surface area contributed by atoms with Crippen molar-refractivity contribution in [3.8, 4) is 5.69 Å². The van der Waals surface area contributed by atoms with Crippen molar-refractivity contribution in [3.05, 3.63) is 72.8 Å². The molecule has 0 spiro atoms. The molecule has 9 heteroatoms. The van der Waals surface area contributed by atoms with Crippen molar-refractivity contribution >= 4 is 15.9 Å². The van der Waals surface area contributed by atoms with Crippen molar-refractivity contribution in [1.82, 2.24) is 24.4 Å². The Morgan fingerprint density at radius 1 is 1.06 bits per heavy atom. The summed E-state index contributed by atoms with van der Waals surface area (Å²) < 4.78 is 28.7. The zero-order valence-corrected chi connectivity index (χ0v) is 18.1. The molecule has 1 aromatic heterocycles. The highest BCUT2D eigenvalue weighted by Crippen LogP contribution is 2.25. The molecular formula is C22H25N5O3S. The average Bonchev–Trinajstić information content (AvgIpc) is 3.35. The average molecular weight is 440 g/mol. The van der Waals surface area contributed by atoms with E-state index in [1.54, 1.807) is 41.3 Å². The lowest BCUT2D eigenvalue weighted by molar-refractivity contribution is -0.126. The third-order valence-corrected chi connectivity index (χ3v) is 7.55. The topological polar surface area (TPSA) is 97.2 Å². The minimum atomic E-state index is -3.51. The van der Waals surface area contributed by atoms with Crippen molar-refractivity contribution in [2.24, 2.45) is 5.92 Å².